The summed E-state index contributed by atoms with van der Waals surface area (Å²) in [6, 6.07) is 65.7. The smallest absolute Gasteiger partial charge is 0.0972 e. The first-order valence-electron chi connectivity index (χ1n) is 17.8. The Labute approximate surface area is 300 Å². The highest BCUT2D eigenvalue weighted by Gasteiger charge is 2.16. The van der Waals surface area contributed by atoms with Crippen LogP contribution in [0, 0.1) is 0 Å². The van der Waals surface area contributed by atoms with E-state index >= 15 is 0 Å². The predicted octanol–water partition coefficient (Wildman–Crippen LogP) is 13.5. The highest BCUT2D eigenvalue weighted by molar-refractivity contribution is 6.26. The van der Waals surface area contributed by atoms with Crippen LogP contribution in [0.3, 0.4) is 0 Å². The molecule has 0 aliphatic rings. The fraction of sp³-hybridized carbons (Fsp3) is 0. The highest BCUT2D eigenvalue weighted by Crippen LogP contribution is 2.43. The van der Waals surface area contributed by atoms with Gasteiger partial charge in [0.15, 0.2) is 0 Å². The Kier molecular flexibility index (Phi) is 6.28. The molecule has 0 atom stereocenters. The Morgan fingerprint density at radius 2 is 0.750 bits per heavy atom. The van der Waals surface area contributed by atoms with Crippen molar-refractivity contribution in [3.8, 4) is 44.8 Å². The fourth-order valence-corrected chi connectivity index (χ4v) is 8.30. The molecular formula is C50H30N2. The van der Waals surface area contributed by atoms with Crippen LogP contribution in [0.25, 0.3) is 110 Å². The summed E-state index contributed by atoms with van der Waals surface area (Å²) in [5.41, 5.74) is 10.8. The van der Waals surface area contributed by atoms with Crippen molar-refractivity contribution < 1.29 is 0 Å². The van der Waals surface area contributed by atoms with Crippen LogP contribution in [0.15, 0.2) is 182 Å². The third-order valence-electron chi connectivity index (χ3n) is 10.8. The van der Waals surface area contributed by atoms with Gasteiger partial charge in [-0.2, -0.15) is 0 Å². The summed E-state index contributed by atoms with van der Waals surface area (Å²) in [6.45, 7) is 0. The quantitative estimate of drug-likeness (QED) is 0.176. The number of nitrogens with zero attached hydrogens (tertiary/aromatic N) is 2. The summed E-state index contributed by atoms with van der Waals surface area (Å²) in [7, 11) is 0. The van der Waals surface area contributed by atoms with E-state index in [1.165, 1.54) is 65.3 Å². The number of aromatic nitrogens is 2. The molecule has 0 fully saturated rings. The van der Waals surface area contributed by atoms with Gasteiger partial charge >= 0.3 is 0 Å². The minimum absolute atomic E-state index is 0.918. The van der Waals surface area contributed by atoms with Crippen LogP contribution in [-0.4, -0.2) is 9.97 Å². The molecule has 0 amide bonds. The molecule has 0 bridgehead atoms. The zero-order valence-electron chi connectivity index (χ0n) is 28.2. The Balaban J connectivity index is 1.04. The highest BCUT2D eigenvalue weighted by atomic mass is 14.8. The SMILES string of the molecule is c1ccc(-c2ccc3ccc4ccc(-c5cccc(-c6ccc(-c7ccc8ccc9cccc%10ccc7c8c9%10)c7ccccc67)c5)nc4c3n2)cc1. The molecule has 11 aromatic rings. The predicted molar refractivity (Wildman–Crippen MR) is 220 cm³/mol. The molecule has 0 saturated heterocycles. The summed E-state index contributed by atoms with van der Waals surface area (Å²) < 4.78 is 0. The molecule has 0 aliphatic heterocycles. The first-order chi connectivity index (χ1) is 25.8. The summed E-state index contributed by atoms with van der Waals surface area (Å²) in [5, 5.41) is 12.5. The first kappa shape index (κ1) is 28.9. The fourth-order valence-electron chi connectivity index (χ4n) is 8.30. The van der Waals surface area contributed by atoms with Crippen molar-refractivity contribution in [3.63, 3.8) is 0 Å². The molecule has 2 heterocycles. The minimum atomic E-state index is 0.918. The molecule has 240 valence electrons. The maximum atomic E-state index is 5.26. The van der Waals surface area contributed by atoms with Crippen molar-refractivity contribution >= 4 is 64.9 Å². The number of hydrogen-bond donors (Lipinski definition) is 0. The van der Waals surface area contributed by atoms with Gasteiger partial charge in [0.05, 0.1) is 22.4 Å². The lowest BCUT2D eigenvalue weighted by Crippen LogP contribution is -1.92. The van der Waals surface area contributed by atoms with E-state index in [9.17, 15) is 0 Å². The monoisotopic (exact) mass is 658 g/mol. The lowest BCUT2D eigenvalue weighted by atomic mass is 9.87. The van der Waals surface area contributed by atoms with E-state index < -0.39 is 0 Å². The third-order valence-corrected chi connectivity index (χ3v) is 10.8. The van der Waals surface area contributed by atoms with E-state index in [0.717, 1.165) is 44.3 Å². The first-order valence-corrected chi connectivity index (χ1v) is 17.8. The third kappa shape index (κ3) is 4.44. The number of fused-ring (bicyclic) bond motifs is 4. The van der Waals surface area contributed by atoms with Crippen LogP contribution < -0.4 is 0 Å². The van der Waals surface area contributed by atoms with E-state index in [1.807, 2.05) is 6.07 Å². The topological polar surface area (TPSA) is 25.8 Å². The molecule has 0 saturated carbocycles. The lowest BCUT2D eigenvalue weighted by Gasteiger charge is -2.17. The van der Waals surface area contributed by atoms with Crippen molar-refractivity contribution in [2.24, 2.45) is 0 Å². The average Bonchev–Trinajstić information content (AvgIpc) is 3.22. The molecule has 52 heavy (non-hydrogen) atoms. The van der Waals surface area contributed by atoms with E-state index in [-0.39, 0.29) is 0 Å². The lowest BCUT2D eigenvalue weighted by molar-refractivity contribution is 1.36. The second-order valence-electron chi connectivity index (χ2n) is 13.7. The van der Waals surface area contributed by atoms with Gasteiger partial charge in [-0.1, -0.05) is 164 Å². The van der Waals surface area contributed by atoms with Gasteiger partial charge in [0.25, 0.3) is 0 Å². The molecule has 11 rings (SSSR count). The molecule has 9 aromatic carbocycles. The van der Waals surface area contributed by atoms with Crippen molar-refractivity contribution in [1.82, 2.24) is 9.97 Å². The van der Waals surface area contributed by atoms with Crippen molar-refractivity contribution in [3.05, 3.63) is 182 Å². The zero-order chi connectivity index (χ0) is 34.2. The molecule has 0 spiro atoms. The number of benzene rings is 9. The Morgan fingerprint density at radius 3 is 1.50 bits per heavy atom. The standard InChI is InChI=1S/C50H30N2/c1-2-8-31(9-3-1)45-28-22-35-18-19-36-23-29-46(52-50(36)49(35)51-45)38-13-7-12-37(30-38)39-26-27-42(41-15-5-4-14-40(39)41)43-24-20-34-17-16-32-10-6-11-33-21-25-44(43)48(34)47(32)33/h1-30H. The van der Waals surface area contributed by atoms with Gasteiger partial charge in [-0.05, 0) is 83.5 Å². The van der Waals surface area contributed by atoms with Crippen LogP contribution in [0.1, 0.15) is 0 Å². The summed E-state index contributed by atoms with van der Waals surface area (Å²) in [5.74, 6) is 0. The zero-order valence-corrected chi connectivity index (χ0v) is 28.2. The number of pyridine rings is 2. The molecule has 2 nitrogen and oxygen atoms in total. The molecule has 0 aliphatic carbocycles. The van der Waals surface area contributed by atoms with Crippen molar-refractivity contribution in [2.45, 2.75) is 0 Å². The van der Waals surface area contributed by atoms with Crippen LogP contribution in [0.5, 0.6) is 0 Å². The van der Waals surface area contributed by atoms with Crippen molar-refractivity contribution in [2.75, 3.05) is 0 Å². The van der Waals surface area contributed by atoms with Gasteiger partial charge in [0, 0.05) is 21.9 Å². The summed E-state index contributed by atoms with van der Waals surface area (Å²) in [4.78, 5) is 10.4. The van der Waals surface area contributed by atoms with Gasteiger partial charge in [0.1, 0.15) is 0 Å². The normalized spacial score (nSPS) is 11.8. The minimum Gasteiger partial charge on any atom is -0.245 e. The molecule has 0 unspecified atom stereocenters. The van der Waals surface area contributed by atoms with Crippen LogP contribution >= 0.6 is 0 Å². The Hall–Kier alpha value is -6.90. The van der Waals surface area contributed by atoms with Crippen molar-refractivity contribution in [1.29, 1.82) is 0 Å². The van der Waals surface area contributed by atoms with Crippen LogP contribution in [0.4, 0.5) is 0 Å². The summed E-state index contributed by atoms with van der Waals surface area (Å²) >= 11 is 0. The number of hydrogen-bond acceptors (Lipinski definition) is 2. The van der Waals surface area contributed by atoms with E-state index in [2.05, 4.69) is 176 Å². The summed E-state index contributed by atoms with van der Waals surface area (Å²) in [6.07, 6.45) is 0. The second kappa shape index (κ2) is 11.3. The van der Waals surface area contributed by atoms with Crippen LogP contribution in [-0.2, 0) is 0 Å². The maximum Gasteiger partial charge on any atom is 0.0972 e. The van der Waals surface area contributed by atoms with E-state index in [1.54, 1.807) is 0 Å². The van der Waals surface area contributed by atoms with E-state index in [4.69, 9.17) is 9.97 Å². The molecule has 0 N–H and O–H groups in total. The van der Waals surface area contributed by atoms with Crippen LogP contribution in [0.2, 0.25) is 0 Å². The average molecular weight is 659 g/mol. The van der Waals surface area contributed by atoms with E-state index in [0.29, 0.717) is 0 Å². The van der Waals surface area contributed by atoms with Gasteiger partial charge in [-0.25, -0.2) is 9.97 Å². The molecule has 2 heteroatoms. The molecule has 2 aromatic heterocycles. The second-order valence-corrected chi connectivity index (χ2v) is 13.7. The largest absolute Gasteiger partial charge is 0.245 e. The van der Waals surface area contributed by atoms with Gasteiger partial charge in [0.2, 0.25) is 0 Å². The van der Waals surface area contributed by atoms with Gasteiger partial charge < -0.3 is 0 Å². The Bertz CT molecular complexity index is 3160. The van der Waals surface area contributed by atoms with Gasteiger partial charge in [-0.15, -0.1) is 0 Å². The Morgan fingerprint density at radius 1 is 0.269 bits per heavy atom. The van der Waals surface area contributed by atoms with Gasteiger partial charge in [-0.3, -0.25) is 0 Å². The molecular weight excluding hydrogens is 629 g/mol. The maximum absolute atomic E-state index is 5.26. The molecule has 0 radical (unpaired) electrons. The number of rotatable bonds is 4.